The van der Waals surface area contributed by atoms with Gasteiger partial charge < -0.3 is 9.12 Å². The number of hydrogen-bond acceptors (Lipinski definition) is 6. The fourth-order valence-electron chi connectivity index (χ4n) is 3.40. The van der Waals surface area contributed by atoms with Gasteiger partial charge in [-0.3, -0.25) is 4.40 Å². The quantitative estimate of drug-likeness (QED) is 0.283. The minimum Gasteiger partial charge on any atom is -0.611 e. The highest BCUT2D eigenvalue weighted by Gasteiger charge is 2.36. The SMILES string of the molecule is CCS(=O)(=O)c1c(-c2nc3cc([S+]([O-])CC(F)(F)F)cnc3n2C)nc2cc(C(F)(F)F)ccn12. The molecule has 0 amide bonds. The Morgan fingerprint density at radius 3 is 2.40 bits per heavy atom. The van der Waals surface area contributed by atoms with Crippen molar-refractivity contribution >= 4 is 37.8 Å². The number of alkyl halides is 6. The fraction of sp³-hybridized carbons (Fsp3) is 0.316. The lowest BCUT2D eigenvalue weighted by molar-refractivity contribution is -0.137. The van der Waals surface area contributed by atoms with Crippen molar-refractivity contribution in [2.75, 3.05) is 11.5 Å². The van der Waals surface area contributed by atoms with E-state index in [0.717, 1.165) is 22.9 Å². The van der Waals surface area contributed by atoms with E-state index in [-0.39, 0.29) is 33.2 Å². The van der Waals surface area contributed by atoms with Gasteiger partial charge in [0, 0.05) is 19.3 Å². The topological polar surface area (TPSA) is 105 Å². The van der Waals surface area contributed by atoms with Crippen molar-refractivity contribution in [2.45, 2.75) is 29.2 Å². The lowest BCUT2D eigenvalue weighted by atomic mass is 10.2. The van der Waals surface area contributed by atoms with Crippen LogP contribution < -0.4 is 0 Å². The summed E-state index contributed by atoms with van der Waals surface area (Å²) in [4.78, 5) is 12.1. The summed E-state index contributed by atoms with van der Waals surface area (Å²) in [7, 11) is -2.60. The maximum atomic E-state index is 13.2. The first-order valence-electron chi connectivity index (χ1n) is 9.72. The molecule has 0 radical (unpaired) electrons. The molecule has 1 unspecified atom stereocenters. The molecule has 4 aromatic heterocycles. The number of hydrogen-bond donors (Lipinski definition) is 0. The van der Waals surface area contributed by atoms with E-state index in [4.69, 9.17) is 0 Å². The minimum absolute atomic E-state index is 0.00316. The maximum absolute atomic E-state index is 13.2. The van der Waals surface area contributed by atoms with Crippen LogP contribution in [-0.4, -0.2) is 54.6 Å². The molecule has 16 heteroatoms. The van der Waals surface area contributed by atoms with Crippen LogP contribution in [0.3, 0.4) is 0 Å². The molecule has 0 aliphatic heterocycles. The zero-order chi connectivity index (χ0) is 25.9. The van der Waals surface area contributed by atoms with Crippen LogP contribution in [-0.2, 0) is 34.2 Å². The van der Waals surface area contributed by atoms with E-state index in [1.54, 1.807) is 0 Å². The molecule has 8 nitrogen and oxygen atoms in total. The lowest BCUT2D eigenvalue weighted by Crippen LogP contribution is -2.23. The molecule has 0 aliphatic rings. The normalized spacial score (nSPS) is 14.2. The molecule has 0 aromatic carbocycles. The summed E-state index contributed by atoms with van der Waals surface area (Å²) >= 11 is -2.45. The molecule has 0 fully saturated rings. The Kier molecular flexibility index (Phi) is 6.04. The molecular weight excluding hydrogens is 524 g/mol. The van der Waals surface area contributed by atoms with Gasteiger partial charge in [0.05, 0.1) is 17.5 Å². The van der Waals surface area contributed by atoms with Crippen molar-refractivity contribution in [3.05, 3.63) is 36.2 Å². The minimum atomic E-state index is -4.69. The Labute approximate surface area is 196 Å². The molecule has 4 heterocycles. The summed E-state index contributed by atoms with van der Waals surface area (Å²) < 4.78 is 117. The number of sulfone groups is 1. The number of fused-ring (bicyclic) bond motifs is 2. The first kappa shape index (κ1) is 25.2. The Hall–Kier alpha value is -2.85. The van der Waals surface area contributed by atoms with Crippen LogP contribution in [0.4, 0.5) is 26.3 Å². The highest BCUT2D eigenvalue weighted by Crippen LogP contribution is 2.34. The van der Waals surface area contributed by atoms with Crippen molar-refractivity contribution in [2.24, 2.45) is 7.05 Å². The van der Waals surface area contributed by atoms with E-state index in [9.17, 15) is 39.3 Å². The zero-order valence-corrected chi connectivity index (χ0v) is 19.5. The first-order chi connectivity index (χ1) is 16.1. The van der Waals surface area contributed by atoms with Gasteiger partial charge >= 0.3 is 12.4 Å². The summed E-state index contributed by atoms with van der Waals surface area (Å²) in [5, 5.41) is -0.400. The van der Waals surface area contributed by atoms with E-state index >= 15 is 0 Å². The van der Waals surface area contributed by atoms with Crippen LogP contribution in [0, 0.1) is 0 Å². The summed E-state index contributed by atoms with van der Waals surface area (Å²) in [5.41, 5.74) is -1.48. The van der Waals surface area contributed by atoms with Crippen molar-refractivity contribution in [1.29, 1.82) is 0 Å². The molecule has 4 aromatic rings. The predicted molar refractivity (Wildman–Crippen MR) is 113 cm³/mol. The Morgan fingerprint density at radius 1 is 1.11 bits per heavy atom. The van der Waals surface area contributed by atoms with Crippen molar-refractivity contribution in [1.82, 2.24) is 23.9 Å². The molecule has 0 saturated heterocycles. The van der Waals surface area contributed by atoms with E-state index in [0.29, 0.717) is 12.1 Å². The molecular formula is C19H15F6N5O3S2. The number of rotatable bonds is 5. The average molecular weight is 539 g/mol. The van der Waals surface area contributed by atoms with Gasteiger partial charge in [0.15, 0.2) is 31.2 Å². The molecule has 0 saturated carbocycles. The number of halogens is 6. The molecule has 0 N–H and O–H groups in total. The molecule has 35 heavy (non-hydrogen) atoms. The average Bonchev–Trinajstić information content (AvgIpc) is 3.29. The number of aryl methyl sites for hydroxylation is 1. The fourth-order valence-corrected chi connectivity index (χ4v) is 5.44. The van der Waals surface area contributed by atoms with Crippen LogP contribution >= 0.6 is 0 Å². The van der Waals surface area contributed by atoms with Gasteiger partial charge in [0.1, 0.15) is 16.9 Å². The van der Waals surface area contributed by atoms with Gasteiger partial charge in [-0.1, -0.05) is 6.92 Å². The smallest absolute Gasteiger partial charge is 0.433 e. The Bertz CT molecular complexity index is 1540. The third-order valence-corrected chi connectivity index (χ3v) is 8.12. The highest BCUT2D eigenvalue weighted by atomic mass is 32.2. The van der Waals surface area contributed by atoms with Crippen LogP contribution in [0.25, 0.3) is 28.3 Å². The van der Waals surface area contributed by atoms with Crippen LogP contribution in [0.1, 0.15) is 12.5 Å². The summed E-state index contributed by atoms with van der Waals surface area (Å²) in [6, 6.07) is 2.53. The number of aromatic nitrogens is 5. The number of pyridine rings is 2. The van der Waals surface area contributed by atoms with E-state index < -0.39 is 55.5 Å². The highest BCUT2D eigenvalue weighted by molar-refractivity contribution is 7.91. The van der Waals surface area contributed by atoms with Gasteiger partial charge in [-0.15, -0.1) is 0 Å². The van der Waals surface area contributed by atoms with Crippen LogP contribution in [0.5, 0.6) is 0 Å². The molecule has 0 bridgehead atoms. The van der Waals surface area contributed by atoms with Gasteiger partial charge in [0.25, 0.3) is 0 Å². The number of nitrogens with zero attached hydrogens (tertiary/aromatic N) is 5. The van der Waals surface area contributed by atoms with Gasteiger partial charge in [-0.25, -0.2) is 23.4 Å². The maximum Gasteiger partial charge on any atom is 0.433 e. The second-order valence-corrected chi connectivity index (χ2v) is 11.1. The molecule has 188 valence electrons. The Morgan fingerprint density at radius 2 is 1.80 bits per heavy atom. The lowest BCUT2D eigenvalue weighted by Gasteiger charge is -2.11. The Balaban J connectivity index is 1.93. The third-order valence-electron chi connectivity index (χ3n) is 5.04. The largest absolute Gasteiger partial charge is 0.611 e. The molecule has 0 spiro atoms. The molecule has 0 aliphatic carbocycles. The van der Waals surface area contributed by atoms with Crippen molar-refractivity contribution in [3.8, 4) is 11.5 Å². The standard InChI is InChI=1S/C19H15F6N5O3S2/c1-3-35(32,33)17-14(28-13-6-10(19(23,24)25)4-5-30(13)17)16-27-12-7-11(8-26-15(12)29(16)2)34(31)9-18(20,21)22/h4-8H,3,9H2,1-2H3. The van der Waals surface area contributed by atoms with Gasteiger partial charge in [0.2, 0.25) is 5.75 Å². The second-order valence-electron chi connectivity index (χ2n) is 7.42. The third kappa shape index (κ3) is 4.69. The first-order valence-corrected chi connectivity index (χ1v) is 12.7. The molecule has 1 atom stereocenters. The van der Waals surface area contributed by atoms with Gasteiger partial charge in [-0.2, -0.15) is 26.3 Å². The summed E-state index contributed by atoms with van der Waals surface area (Å²) in [6.07, 6.45) is -7.44. The van der Waals surface area contributed by atoms with Gasteiger partial charge in [-0.05, 0) is 23.3 Å². The monoisotopic (exact) mass is 539 g/mol. The second kappa shape index (κ2) is 8.37. The predicted octanol–water partition coefficient (Wildman–Crippen LogP) is 3.77. The van der Waals surface area contributed by atoms with E-state index in [1.165, 1.54) is 18.5 Å². The summed E-state index contributed by atoms with van der Waals surface area (Å²) in [6.45, 7) is 1.35. The van der Waals surface area contributed by atoms with Crippen LogP contribution in [0.2, 0.25) is 0 Å². The molecule has 4 rings (SSSR count). The van der Waals surface area contributed by atoms with E-state index in [2.05, 4.69) is 15.0 Å². The van der Waals surface area contributed by atoms with Crippen LogP contribution in [0.15, 0.2) is 40.5 Å². The van der Waals surface area contributed by atoms with E-state index in [1.807, 2.05) is 0 Å². The number of imidazole rings is 2. The van der Waals surface area contributed by atoms with Crippen molar-refractivity contribution in [3.63, 3.8) is 0 Å². The zero-order valence-electron chi connectivity index (χ0n) is 17.8. The van der Waals surface area contributed by atoms with Crippen molar-refractivity contribution < 1.29 is 39.3 Å². The summed E-state index contributed by atoms with van der Waals surface area (Å²) in [5.74, 6) is -2.08.